The molecule has 0 aliphatic carbocycles. The van der Waals surface area contributed by atoms with Crippen LogP contribution in [0.1, 0.15) is 33.3 Å². The molecule has 2 aromatic rings. The second kappa shape index (κ2) is 12.1. The molecule has 0 spiro atoms. The van der Waals surface area contributed by atoms with Gasteiger partial charge in [0.05, 0.1) is 25.6 Å². The Bertz CT molecular complexity index is 1190. The van der Waals surface area contributed by atoms with Gasteiger partial charge in [0.1, 0.15) is 16.1 Å². The minimum Gasteiger partial charge on any atom is -0.488 e. The number of hydrogen-bond donors (Lipinski definition) is 3. The highest BCUT2D eigenvalue weighted by atomic mass is 32.2. The van der Waals surface area contributed by atoms with Gasteiger partial charge in [-0.15, -0.1) is 11.3 Å². The number of amides is 3. The number of fused-ring (bicyclic) bond motifs is 1. The maximum absolute atomic E-state index is 13.3. The minimum atomic E-state index is -3.77. The van der Waals surface area contributed by atoms with Crippen molar-refractivity contribution in [1.82, 2.24) is 15.1 Å². The van der Waals surface area contributed by atoms with Gasteiger partial charge in [0.2, 0.25) is 5.91 Å². The Labute approximate surface area is 222 Å². The Balaban J connectivity index is 1.95. The molecule has 3 atom stereocenters. The van der Waals surface area contributed by atoms with Crippen LogP contribution >= 0.6 is 11.3 Å². The molecule has 1 aromatic heterocycles. The van der Waals surface area contributed by atoms with Crippen molar-refractivity contribution in [1.29, 1.82) is 0 Å². The first-order valence-corrected chi connectivity index (χ1v) is 14.6. The van der Waals surface area contributed by atoms with E-state index in [0.717, 1.165) is 11.3 Å². The zero-order chi connectivity index (χ0) is 27.3. The molecular formula is C25H36N4O6S2. The number of benzene rings is 1. The van der Waals surface area contributed by atoms with E-state index in [0.29, 0.717) is 23.5 Å². The van der Waals surface area contributed by atoms with Gasteiger partial charge in [-0.1, -0.05) is 13.0 Å². The van der Waals surface area contributed by atoms with E-state index in [9.17, 15) is 23.1 Å². The molecule has 1 aliphatic heterocycles. The number of aliphatic hydroxyl groups is 1. The van der Waals surface area contributed by atoms with Crippen molar-refractivity contribution >= 4 is 39.0 Å². The molecule has 3 N–H and O–H groups in total. The second-order valence-corrected chi connectivity index (χ2v) is 12.6. The first kappa shape index (κ1) is 28.7. The fraction of sp³-hybridized carbons (Fsp3) is 0.520. The number of sulfonamides is 1. The molecule has 3 rings (SSSR count). The Kier molecular flexibility index (Phi) is 9.43. The fourth-order valence-electron chi connectivity index (χ4n) is 4.04. The summed E-state index contributed by atoms with van der Waals surface area (Å²) in [4.78, 5) is 29.0. The monoisotopic (exact) mass is 552 g/mol. The summed E-state index contributed by atoms with van der Waals surface area (Å²) >= 11 is 1.11. The zero-order valence-corrected chi connectivity index (χ0v) is 23.4. The van der Waals surface area contributed by atoms with Crippen LogP contribution in [0.2, 0.25) is 0 Å². The predicted molar refractivity (Wildman–Crippen MR) is 143 cm³/mol. The molecule has 0 saturated heterocycles. The number of likely N-dealkylation sites (N-methyl/N-ethyl adjacent to an activating group) is 1. The molecule has 37 heavy (non-hydrogen) atoms. The number of hydrogen-bond acceptors (Lipinski definition) is 7. The molecular weight excluding hydrogens is 516 g/mol. The number of carbonyl (C=O) groups excluding carboxylic acids is 2. The Morgan fingerprint density at radius 2 is 2.03 bits per heavy atom. The van der Waals surface area contributed by atoms with Crippen molar-refractivity contribution in [2.24, 2.45) is 5.92 Å². The third-order valence-corrected chi connectivity index (χ3v) is 8.92. The highest BCUT2D eigenvalue weighted by molar-refractivity contribution is 7.94. The van der Waals surface area contributed by atoms with Crippen molar-refractivity contribution in [3.05, 3.63) is 41.3 Å². The van der Waals surface area contributed by atoms with E-state index < -0.39 is 22.2 Å². The van der Waals surface area contributed by atoms with Gasteiger partial charge < -0.3 is 25.0 Å². The third kappa shape index (κ3) is 7.36. The summed E-state index contributed by atoms with van der Waals surface area (Å²) in [5.41, 5.74) is 0.822. The Morgan fingerprint density at radius 3 is 2.65 bits per heavy atom. The van der Waals surface area contributed by atoms with Gasteiger partial charge in [-0.2, -0.15) is 0 Å². The lowest BCUT2D eigenvalue weighted by molar-refractivity contribution is -0.134. The van der Waals surface area contributed by atoms with Crippen molar-refractivity contribution in [2.45, 2.75) is 56.5 Å². The molecule has 1 aromatic carbocycles. The molecule has 2 heterocycles. The van der Waals surface area contributed by atoms with Crippen molar-refractivity contribution in [3.8, 4) is 5.75 Å². The van der Waals surface area contributed by atoms with Crippen LogP contribution in [-0.4, -0.2) is 80.2 Å². The summed E-state index contributed by atoms with van der Waals surface area (Å²) in [7, 11) is -2.08. The quantitative estimate of drug-likeness (QED) is 0.462. The highest BCUT2D eigenvalue weighted by Crippen LogP contribution is 2.30. The maximum Gasteiger partial charge on any atom is 0.317 e. The number of nitrogens with zero attached hydrogens (tertiary/aromatic N) is 2. The Morgan fingerprint density at radius 1 is 1.30 bits per heavy atom. The number of nitrogens with one attached hydrogen (secondary N) is 2. The topological polar surface area (TPSA) is 128 Å². The number of ether oxygens (including phenoxy) is 1. The SMILES string of the molecule is CC(C)NC(=O)N(C)C[C@@H]1Oc2ccc(NS(=O)(=O)c3cccs3)cc2CC(=O)N([C@@H](C)CO)C[C@@H]1C. The van der Waals surface area contributed by atoms with E-state index in [1.807, 2.05) is 20.8 Å². The van der Waals surface area contributed by atoms with Crippen LogP contribution in [0.5, 0.6) is 5.75 Å². The molecule has 204 valence electrons. The summed E-state index contributed by atoms with van der Waals surface area (Å²) in [6, 6.07) is 7.34. The lowest BCUT2D eigenvalue weighted by atomic mass is 10.0. The van der Waals surface area contributed by atoms with Gasteiger partial charge in [0.25, 0.3) is 10.0 Å². The van der Waals surface area contributed by atoms with E-state index in [-0.39, 0.29) is 47.7 Å². The summed E-state index contributed by atoms with van der Waals surface area (Å²) in [6.07, 6.45) is -0.494. The van der Waals surface area contributed by atoms with Crippen LogP contribution in [0.15, 0.2) is 39.9 Å². The number of aliphatic hydroxyl groups excluding tert-OH is 1. The van der Waals surface area contributed by atoms with E-state index in [1.54, 1.807) is 53.4 Å². The van der Waals surface area contributed by atoms with Gasteiger partial charge in [0, 0.05) is 36.8 Å². The molecule has 10 nitrogen and oxygen atoms in total. The van der Waals surface area contributed by atoms with Gasteiger partial charge in [0.15, 0.2) is 0 Å². The molecule has 12 heteroatoms. The van der Waals surface area contributed by atoms with E-state index >= 15 is 0 Å². The maximum atomic E-state index is 13.3. The Hall–Kier alpha value is -2.83. The molecule has 0 saturated carbocycles. The van der Waals surface area contributed by atoms with E-state index in [1.165, 1.54) is 6.07 Å². The molecule has 0 unspecified atom stereocenters. The summed E-state index contributed by atoms with van der Waals surface area (Å²) < 4.78 is 34.6. The number of anilines is 1. The smallest absolute Gasteiger partial charge is 0.317 e. The van der Waals surface area contributed by atoms with Crippen LogP contribution in [0.3, 0.4) is 0 Å². The fourth-order valence-corrected chi connectivity index (χ4v) is 6.09. The van der Waals surface area contributed by atoms with E-state index in [2.05, 4.69) is 10.0 Å². The zero-order valence-electron chi connectivity index (χ0n) is 21.8. The summed E-state index contributed by atoms with van der Waals surface area (Å²) in [5.74, 6) is 0.0683. The summed E-state index contributed by atoms with van der Waals surface area (Å²) in [6.45, 7) is 7.87. The van der Waals surface area contributed by atoms with Gasteiger partial charge in [-0.3, -0.25) is 9.52 Å². The lowest BCUT2D eigenvalue weighted by Gasteiger charge is -2.34. The number of urea groups is 1. The van der Waals surface area contributed by atoms with Crippen LogP contribution in [0, 0.1) is 5.92 Å². The molecule has 1 aliphatic rings. The van der Waals surface area contributed by atoms with E-state index in [4.69, 9.17) is 4.74 Å². The first-order valence-electron chi connectivity index (χ1n) is 12.2. The van der Waals surface area contributed by atoms with Crippen molar-refractivity contribution < 1.29 is 27.9 Å². The van der Waals surface area contributed by atoms with Crippen molar-refractivity contribution in [3.63, 3.8) is 0 Å². The highest BCUT2D eigenvalue weighted by Gasteiger charge is 2.32. The molecule has 0 bridgehead atoms. The van der Waals surface area contributed by atoms with Crippen LogP contribution < -0.4 is 14.8 Å². The van der Waals surface area contributed by atoms with Crippen LogP contribution in [-0.2, 0) is 21.2 Å². The van der Waals surface area contributed by atoms with Crippen molar-refractivity contribution in [2.75, 3.05) is 31.5 Å². The average molecular weight is 553 g/mol. The van der Waals surface area contributed by atoms with Gasteiger partial charge in [-0.25, -0.2) is 13.2 Å². The normalized spacial score (nSPS) is 19.2. The molecule has 3 amide bonds. The number of thiophene rings is 1. The third-order valence-electron chi connectivity index (χ3n) is 6.14. The van der Waals surface area contributed by atoms with Crippen LogP contribution in [0.4, 0.5) is 10.5 Å². The van der Waals surface area contributed by atoms with Crippen LogP contribution in [0.25, 0.3) is 0 Å². The largest absolute Gasteiger partial charge is 0.488 e. The van der Waals surface area contributed by atoms with Gasteiger partial charge in [-0.05, 0) is 50.4 Å². The van der Waals surface area contributed by atoms with Gasteiger partial charge >= 0.3 is 6.03 Å². The molecule has 0 radical (unpaired) electrons. The molecule has 0 fully saturated rings. The lowest BCUT2D eigenvalue weighted by Crippen LogP contribution is -2.49. The summed E-state index contributed by atoms with van der Waals surface area (Å²) in [5, 5.41) is 14.3. The number of rotatable bonds is 8. The standard InChI is InChI=1S/C25H36N4O6S2/c1-16(2)26-25(32)28(5)14-22-17(3)13-29(18(4)15-30)23(31)12-19-11-20(8-9-21(19)35-22)27-37(33,34)24-7-6-10-36-24/h6-11,16-18,22,27,30H,12-15H2,1-5H3,(H,26,32)/t17-,18-,22-/m0/s1. The minimum absolute atomic E-state index is 0.0237. The predicted octanol–water partition coefficient (Wildman–Crippen LogP) is 2.75. The average Bonchev–Trinajstić information content (AvgIpc) is 3.38. The second-order valence-electron chi connectivity index (χ2n) is 9.73. The number of carbonyl (C=O) groups is 2. The first-order chi connectivity index (χ1) is 17.4.